The molecular weight excluding hydrogens is 462 g/mol. The normalized spacial score (nSPS) is 10.6. The molecule has 9 nitrogen and oxygen atoms in total. The van der Waals surface area contributed by atoms with Crippen molar-refractivity contribution >= 4 is 44.8 Å². The molecule has 2 aromatic heterocycles. The molecule has 2 N–H and O–H groups in total. The first-order valence-corrected chi connectivity index (χ1v) is 10.0. The largest absolute Gasteiger partial charge is 0.312 e. The highest BCUT2D eigenvalue weighted by Gasteiger charge is 2.21. The number of hydrogen-bond acceptors (Lipinski definition) is 6. The van der Waals surface area contributed by atoms with E-state index in [1.54, 1.807) is 54.9 Å². The minimum Gasteiger partial charge on any atom is -0.267 e. The lowest BCUT2D eigenvalue weighted by Crippen LogP contribution is -2.41. The molecule has 29 heavy (non-hydrogen) atoms. The lowest BCUT2D eigenvalue weighted by Gasteiger charge is -2.08. The van der Waals surface area contributed by atoms with Crippen molar-refractivity contribution in [2.75, 3.05) is 0 Å². The van der Waals surface area contributed by atoms with Gasteiger partial charge in [0, 0.05) is 5.56 Å². The van der Waals surface area contributed by atoms with Crippen molar-refractivity contribution in [1.29, 1.82) is 0 Å². The zero-order chi connectivity index (χ0) is 21.1. The molecular formula is C18H16BrN5O4S. The lowest BCUT2D eigenvalue weighted by atomic mass is 10.1. The Morgan fingerprint density at radius 2 is 1.79 bits per heavy atom. The average Bonchev–Trinajstić information content (AvgIpc) is 3.23. The van der Waals surface area contributed by atoms with Crippen LogP contribution in [0, 0.1) is 24.0 Å². The van der Waals surface area contributed by atoms with E-state index >= 15 is 0 Å². The number of benzene rings is 1. The first-order valence-electron chi connectivity index (χ1n) is 8.39. The summed E-state index contributed by atoms with van der Waals surface area (Å²) in [7, 11) is 0. The Morgan fingerprint density at radius 3 is 2.34 bits per heavy atom. The number of carbonyl (C=O) groups is 2. The Morgan fingerprint density at radius 1 is 1.14 bits per heavy atom. The summed E-state index contributed by atoms with van der Waals surface area (Å²) in [6.07, 6.45) is 0. The van der Waals surface area contributed by atoms with Crippen LogP contribution in [0.3, 0.4) is 0 Å². The highest BCUT2D eigenvalue weighted by molar-refractivity contribution is 9.11. The minimum absolute atomic E-state index is 0.00881. The number of nitrogens with zero attached hydrogens (tertiary/aromatic N) is 3. The summed E-state index contributed by atoms with van der Waals surface area (Å²) < 4.78 is 2.37. The molecule has 0 radical (unpaired) electrons. The van der Waals surface area contributed by atoms with Gasteiger partial charge in [-0.15, -0.1) is 11.3 Å². The quantitative estimate of drug-likeness (QED) is 0.431. The van der Waals surface area contributed by atoms with Crippen LogP contribution < -0.4 is 10.9 Å². The van der Waals surface area contributed by atoms with Crippen molar-refractivity contribution < 1.29 is 14.5 Å². The number of aromatic nitrogens is 2. The molecule has 1 aromatic carbocycles. The number of amides is 2. The predicted molar refractivity (Wildman–Crippen MR) is 111 cm³/mol. The van der Waals surface area contributed by atoms with Crippen LogP contribution in [-0.4, -0.2) is 26.5 Å². The van der Waals surface area contributed by atoms with E-state index in [9.17, 15) is 19.7 Å². The molecule has 0 aliphatic rings. The molecule has 3 rings (SSSR count). The lowest BCUT2D eigenvalue weighted by molar-refractivity contribution is -0.386. The van der Waals surface area contributed by atoms with Gasteiger partial charge in [0.1, 0.15) is 11.4 Å². The maximum atomic E-state index is 12.2. The van der Waals surface area contributed by atoms with E-state index in [4.69, 9.17) is 0 Å². The Kier molecular flexibility index (Phi) is 6.09. The zero-order valence-electron chi connectivity index (χ0n) is 15.4. The molecule has 0 spiro atoms. The molecule has 0 aliphatic carbocycles. The van der Waals surface area contributed by atoms with Gasteiger partial charge < -0.3 is 0 Å². The van der Waals surface area contributed by atoms with Gasteiger partial charge in [0.25, 0.3) is 11.8 Å². The van der Waals surface area contributed by atoms with E-state index in [0.29, 0.717) is 28.4 Å². The smallest absolute Gasteiger partial charge is 0.267 e. The van der Waals surface area contributed by atoms with Crippen molar-refractivity contribution in [3.05, 3.63) is 77.7 Å². The highest BCUT2D eigenvalue weighted by Crippen LogP contribution is 2.23. The van der Waals surface area contributed by atoms with Gasteiger partial charge in [-0.25, -0.2) is 0 Å². The van der Waals surface area contributed by atoms with Gasteiger partial charge in [0.2, 0.25) is 0 Å². The van der Waals surface area contributed by atoms with Crippen LogP contribution >= 0.6 is 27.3 Å². The SMILES string of the molecule is Cc1nn(Cc2ccc(C(=O)NNC(=O)c3ccc(Br)s3)cc2)c(C)c1[N+](=O)[O-]. The van der Waals surface area contributed by atoms with E-state index in [-0.39, 0.29) is 5.69 Å². The monoisotopic (exact) mass is 477 g/mol. The van der Waals surface area contributed by atoms with Gasteiger partial charge in [-0.2, -0.15) is 5.10 Å². The summed E-state index contributed by atoms with van der Waals surface area (Å²) >= 11 is 4.53. The molecule has 0 saturated carbocycles. The third kappa shape index (κ3) is 4.69. The number of hydrazine groups is 1. The Bertz CT molecular complexity index is 1090. The Hall–Kier alpha value is -3.05. The molecule has 0 atom stereocenters. The molecule has 2 amide bonds. The fourth-order valence-corrected chi connectivity index (χ4v) is 4.01. The number of carbonyl (C=O) groups excluding carboxylic acids is 2. The topological polar surface area (TPSA) is 119 Å². The fraction of sp³-hybridized carbons (Fsp3) is 0.167. The highest BCUT2D eigenvalue weighted by atomic mass is 79.9. The zero-order valence-corrected chi connectivity index (χ0v) is 17.8. The van der Waals surface area contributed by atoms with E-state index in [1.807, 2.05) is 0 Å². The molecule has 11 heteroatoms. The Balaban J connectivity index is 1.62. The second kappa shape index (κ2) is 8.53. The second-order valence-corrected chi connectivity index (χ2v) is 8.61. The number of rotatable bonds is 5. The molecule has 3 aromatic rings. The van der Waals surface area contributed by atoms with Crippen molar-refractivity contribution in [3.63, 3.8) is 0 Å². The first-order chi connectivity index (χ1) is 13.8. The number of nitrogens with one attached hydrogen (secondary N) is 2. The van der Waals surface area contributed by atoms with Gasteiger partial charge in [-0.1, -0.05) is 12.1 Å². The van der Waals surface area contributed by atoms with Gasteiger partial charge >= 0.3 is 5.69 Å². The number of halogens is 1. The van der Waals surface area contributed by atoms with E-state index in [0.717, 1.165) is 9.35 Å². The number of hydrogen-bond donors (Lipinski definition) is 2. The number of nitro groups is 1. The van der Waals surface area contributed by atoms with E-state index < -0.39 is 16.7 Å². The predicted octanol–water partition coefficient (Wildman–Crippen LogP) is 3.36. The second-order valence-electron chi connectivity index (χ2n) is 6.14. The van der Waals surface area contributed by atoms with Crippen LogP contribution in [0.2, 0.25) is 0 Å². The van der Waals surface area contributed by atoms with Crippen LogP contribution in [0.4, 0.5) is 5.69 Å². The van der Waals surface area contributed by atoms with Crippen LogP contribution in [0.5, 0.6) is 0 Å². The minimum atomic E-state index is -0.456. The third-order valence-corrected chi connectivity index (χ3v) is 5.78. The third-order valence-electron chi connectivity index (χ3n) is 4.16. The maximum Gasteiger partial charge on any atom is 0.312 e. The van der Waals surface area contributed by atoms with Crippen LogP contribution in [0.1, 0.15) is 37.0 Å². The van der Waals surface area contributed by atoms with Crippen molar-refractivity contribution in [1.82, 2.24) is 20.6 Å². The molecule has 0 bridgehead atoms. The standard InChI is InChI=1S/C18H16BrN5O4S/c1-10-16(24(27)28)11(2)23(22-10)9-12-3-5-13(6-4-12)17(25)20-21-18(26)14-7-8-15(19)29-14/h3-8H,9H2,1-2H3,(H,20,25)(H,21,26). The molecule has 0 saturated heterocycles. The van der Waals surface area contributed by atoms with Crippen molar-refractivity contribution in [2.24, 2.45) is 0 Å². The molecule has 2 heterocycles. The van der Waals surface area contributed by atoms with Crippen LogP contribution in [0.25, 0.3) is 0 Å². The fourth-order valence-electron chi connectivity index (χ4n) is 2.72. The summed E-state index contributed by atoms with van der Waals surface area (Å²) in [5.41, 5.74) is 6.76. The van der Waals surface area contributed by atoms with Crippen molar-refractivity contribution in [2.45, 2.75) is 20.4 Å². The molecule has 150 valence electrons. The summed E-state index contributed by atoms with van der Waals surface area (Å²) in [5.74, 6) is -0.862. The van der Waals surface area contributed by atoms with Crippen molar-refractivity contribution in [3.8, 4) is 0 Å². The maximum absolute atomic E-state index is 12.2. The summed E-state index contributed by atoms with van der Waals surface area (Å²) in [4.78, 5) is 35.3. The molecule has 0 fully saturated rings. The van der Waals surface area contributed by atoms with Crippen LogP contribution in [0.15, 0.2) is 40.2 Å². The Labute approximate surface area is 178 Å². The summed E-state index contributed by atoms with van der Waals surface area (Å²) in [5, 5.41) is 15.3. The van der Waals surface area contributed by atoms with Gasteiger partial charge in [0.15, 0.2) is 0 Å². The van der Waals surface area contributed by atoms with Gasteiger partial charge in [-0.05, 0) is 59.6 Å². The summed E-state index contributed by atoms with van der Waals surface area (Å²) in [6, 6.07) is 10.1. The first kappa shape index (κ1) is 20.7. The van der Waals surface area contributed by atoms with Crippen LogP contribution in [-0.2, 0) is 6.54 Å². The number of aryl methyl sites for hydroxylation is 1. The van der Waals surface area contributed by atoms with E-state index in [2.05, 4.69) is 31.9 Å². The van der Waals surface area contributed by atoms with Gasteiger partial charge in [0.05, 0.1) is 20.1 Å². The summed E-state index contributed by atoms with van der Waals surface area (Å²) in [6.45, 7) is 3.58. The van der Waals surface area contributed by atoms with E-state index in [1.165, 1.54) is 11.3 Å². The number of thiophene rings is 1. The van der Waals surface area contributed by atoms with Gasteiger partial charge in [-0.3, -0.25) is 35.2 Å². The molecule has 0 unspecified atom stereocenters. The molecule has 0 aliphatic heterocycles. The average molecular weight is 478 g/mol.